The molecule has 0 N–H and O–H groups in total. The van der Waals surface area contributed by atoms with Crippen LogP contribution >= 0.6 is 0 Å². The molecule has 1 saturated heterocycles. The standard InChI is InChI=1S/C12H15NO3/c1-9-7-13(12(8-14)16-9)10-3-5-11(15-2)6-4-10/h3-6,8-9,12H,7H2,1-2H3/t9-,12?/m0/s1. The van der Waals surface area contributed by atoms with Gasteiger partial charge in [0.2, 0.25) is 0 Å². The highest BCUT2D eigenvalue weighted by Gasteiger charge is 2.29. The molecular formula is C12H15NO3. The van der Waals surface area contributed by atoms with E-state index in [4.69, 9.17) is 9.47 Å². The Morgan fingerprint density at radius 2 is 2.12 bits per heavy atom. The Balaban J connectivity index is 2.19. The number of ether oxygens (including phenoxy) is 2. The van der Waals surface area contributed by atoms with Gasteiger partial charge in [-0.25, -0.2) is 0 Å². The molecule has 1 aliphatic rings. The zero-order valence-corrected chi connectivity index (χ0v) is 9.42. The number of hydrogen-bond donors (Lipinski definition) is 0. The highest BCUT2D eigenvalue weighted by Crippen LogP contribution is 2.25. The van der Waals surface area contributed by atoms with Gasteiger partial charge in [-0.15, -0.1) is 0 Å². The minimum Gasteiger partial charge on any atom is -0.497 e. The lowest BCUT2D eigenvalue weighted by Crippen LogP contribution is -2.31. The Morgan fingerprint density at radius 3 is 2.69 bits per heavy atom. The summed E-state index contributed by atoms with van der Waals surface area (Å²) in [5.41, 5.74) is 0.974. The quantitative estimate of drug-likeness (QED) is 0.724. The predicted molar refractivity (Wildman–Crippen MR) is 60.7 cm³/mol. The molecule has 0 radical (unpaired) electrons. The molecule has 0 aromatic heterocycles. The van der Waals surface area contributed by atoms with Gasteiger partial charge in [0.1, 0.15) is 5.75 Å². The molecule has 0 amide bonds. The number of anilines is 1. The third kappa shape index (κ3) is 2.02. The molecule has 4 heteroatoms. The Bertz CT molecular complexity index is 363. The summed E-state index contributed by atoms with van der Waals surface area (Å²) in [7, 11) is 1.63. The lowest BCUT2D eigenvalue weighted by molar-refractivity contribution is -0.116. The molecule has 0 aliphatic carbocycles. The highest BCUT2D eigenvalue weighted by molar-refractivity contribution is 5.65. The molecule has 2 atom stereocenters. The molecule has 0 spiro atoms. The first-order valence-electron chi connectivity index (χ1n) is 5.26. The van der Waals surface area contributed by atoms with Crippen LogP contribution in [0.5, 0.6) is 5.75 Å². The molecule has 1 aliphatic heterocycles. The highest BCUT2D eigenvalue weighted by atomic mass is 16.5. The molecule has 1 aromatic rings. The third-order valence-corrected chi connectivity index (χ3v) is 2.65. The molecule has 1 aromatic carbocycles. The molecule has 1 fully saturated rings. The van der Waals surface area contributed by atoms with Crippen LogP contribution in [0.15, 0.2) is 24.3 Å². The molecule has 0 bridgehead atoms. The first-order valence-corrected chi connectivity index (χ1v) is 5.26. The first kappa shape index (κ1) is 11.0. The smallest absolute Gasteiger partial charge is 0.187 e. The van der Waals surface area contributed by atoms with E-state index >= 15 is 0 Å². The number of nitrogens with zero attached hydrogens (tertiary/aromatic N) is 1. The number of benzene rings is 1. The average molecular weight is 221 g/mol. The molecule has 4 nitrogen and oxygen atoms in total. The molecule has 2 rings (SSSR count). The van der Waals surface area contributed by atoms with Gasteiger partial charge in [0.15, 0.2) is 12.5 Å². The maximum atomic E-state index is 10.9. The molecule has 1 unspecified atom stereocenters. The number of aldehydes is 1. The van der Waals surface area contributed by atoms with E-state index in [1.54, 1.807) is 7.11 Å². The van der Waals surface area contributed by atoms with Crippen molar-refractivity contribution < 1.29 is 14.3 Å². The van der Waals surface area contributed by atoms with E-state index in [9.17, 15) is 4.79 Å². The Labute approximate surface area is 94.8 Å². The van der Waals surface area contributed by atoms with E-state index < -0.39 is 6.23 Å². The normalized spacial score (nSPS) is 24.5. The van der Waals surface area contributed by atoms with Gasteiger partial charge in [-0.3, -0.25) is 4.79 Å². The second kappa shape index (κ2) is 4.53. The van der Waals surface area contributed by atoms with Crippen LogP contribution in [0.2, 0.25) is 0 Å². The van der Waals surface area contributed by atoms with Crippen LogP contribution in [-0.4, -0.2) is 32.3 Å². The summed E-state index contributed by atoms with van der Waals surface area (Å²) >= 11 is 0. The zero-order valence-electron chi connectivity index (χ0n) is 9.42. The van der Waals surface area contributed by atoms with Crippen molar-refractivity contribution in [2.24, 2.45) is 0 Å². The van der Waals surface area contributed by atoms with E-state index in [1.807, 2.05) is 36.1 Å². The summed E-state index contributed by atoms with van der Waals surface area (Å²) in [6.45, 7) is 2.69. The van der Waals surface area contributed by atoms with Crippen molar-refractivity contribution in [3.05, 3.63) is 24.3 Å². The molecule has 1 heterocycles. The fourth-order valence-corrected chi connectivity index (χ4v) is 1.87. The van der Waals surface area contributed by atoms with E-state index in [0.717, 1.165) is 24.3 Å². The van der Waals surface area contributed by atoms with Crippen LogP contribution < -0.4 is 9.64 Å². The van der Waals surface area contributed by atoms with Crippen molar-refractivity contribution >= 4 is 12.0 Å². The van der Waals surface area contributed by atoms with Crippen LogP contribution in [0.4, 0.5) is 5.69 Å². The van der Waals surface area contributed by atoms with Crippen LogP contribution in [0.3, 0.4) is 0 Å². The van der Waals surface area contributed by atoms with E-state index in [2.05, 4.69) is 0 Å². The Kier molecular flexibility index (Phi) is 3.10. The number of carbonyl (C=O) groups excluding carboxylic acids is 1. The van der Waals surface area contributed by atoms with Crippen molar-refractivity contribution in [3.63, 3.8) is 0 Å². The summed E-state index contributed by atoms with van der Waals surface area (Å²) in [6, 6.07) is 7.60. The van der Waals surface area contributed by atoms with E-state index in [-0.39, 0.29) is 6.10 Å². The molecule has 16 heavy (non-hydrogen) atoms. The molecule has 0 saturated carbocycles. The van der Waals surface area contributed by atoms with Gasteiger partial charge < -0.3 is 14.4 Å². The van der Waals surface area contributed by atoms with Gasteiger partial charge in [0.05, 0.1) is 13.2 Å². The first-order chi connectivity index (χ1) is 7.74. The Morgan fingerprint density at radius 1 is 1.44 bits per heavy atom. The van der Waals surface area contributed by atoms with Crippen molar-refractivity contribution in [2.75, 3.05) is 18.6 Å². The fraction of sp³-hybridized carbons (Fsp3) is 0.417. The van der Waals surface area contributed by atoms with Crippen LogP contribution in [-0.2, 0) is 9.53 Å². The van der Waals surface area contributed by atoms with Crippen molar-refractivity contribution in [1.82, 2.24) is 0 Å². The van der Waals surface area contributed by atoms with Gasteiger partial charge >= 0.3 is 0 Å². The number of methoxy groups -OCH3 is 1. The summed E-state index contributed by atoms with van der Waals surface area (Å²) in [5, 5.41) is 0. The van der Waals surface area contributed by atoms with Gasteiger partial charge in [0.25, 0.3) is 0 Å². The molecule has 86 valence electrons. The lowest BCUT2D eigenvalue weighted by Gasteiger charge is -2.20. The van der Waals surface area contributed by atoms with Gasteiger partial charge in [-0.05, 0) is 31.2 Å². The van der Waals surface area contributed by atoms with E-state index in [0.29, 0.717) is 0 Å². The maximum absolute atomic E-state index is 10.9. The average Bonchev–Trinajstić information content (AvgIpc) is 2.70. The summed E-state index contributed by atoms with van der Waals surface area (Å²) in [6.07, 6.45) is 0.439. The van der Waals surface area contributed by atoms with Crippen molar-refractivity contribution in [2.45, 2.75) is 19.3 Å². The minimum absolute atomic E-state index is 0.0808. The van der Waals surface area contributed by atoms with Gasteiger partial charge in [0, 0.05) is 12.2 Å². The van der Waals surface area contributed by atoms with Crippen LogP contribution in [0.25, 0.3) is 0 Å². The van der Waals surface area contributed by atoms with E-state index in [1.165, 1.54) is 0 Å². The van der Waals surface area contributed by atoms with Crippen LogP contribution in [0, 0.1) is 0 Å². The number of hydrogen-bond acceptors (Lipinski definition) is 4. The maximum Gasteiger partial charge on any atom is 0.187 e. The number of carbonyl (C=O) groups is 1. The Hall–Kier alpha value is -1.55. The minimum atomic E-state index is -0.469. The summed E-state index contributed by atoms with van der Waals surface area (Å²) in [5.74, 6) is 0.805. The molecular weight excluding hydrogens is 206 g/mol. The second-order valence-electron chi connectivity index (χ2n) is 3.82. The second-order valence-corrected chi connectivity index (χ2v) is 3.82. The lowest BCUT2D eigenvalue weighted by atomic mass is 10.2. The van der Waals surface area contributed by atoms with Crippen molar-refractivity contribution in [1.29, 1.82) is 0 Å². The largest absolute Gasteiger partial charge is 0.497 e. The fourth-order valence-electron chi connectivity index (χ4n) is 1.87. The van der Waals surface area contributed by atoms with Gasteiger partial charge in [-0.1, -0.05) is 0 Å². The third-order valence-electron chi connectivity index (χ3n) is 2.65. The summed E-state index contributed by atoms with van der Waals surface area (Å²) < 4.78 is 10.5. The van der Waals surface area contributed by atoms with Crippen LogP contribution in [0.1, 0.15) is 6.92 Å². The summed E-state index contributed by atoms with van der Waals surface area (Å²) in [4.78, 5) is 12.8. The predicted octanol–water partition coefficient (Wildman–Crippen LogP) is 1.45. The zero-order chi connectivity index (χ0) is 11.5. The van der Waals surface area contributed by atoms with Gasteiger partial charge in [-0.2, -0.15) is 0 Å². The number of rotatable bonds is 3. The SMILES string of the molecule is COc1ccc(N2C[C@H](C)OC2C=O)cc1. The monoisotopic (exact) mass is 221 g/mol. The van der Waals surface area contributed by atoms with Crippen molar-refractivity contribution in [3.8, 4) is 5.75 Å². The topological polar surface area (TPSA) is 38.8 Å².